The first-order valence-electron chi connectivity index (χ1n) is 5.64. The quantitative estimate of drug-likeness (QED) is 0.851. The molecule has 0 radical (unpaired) electrons. The SMILES string of the molecule is CC(C)NC(=O)c1cnc2c(F)c(F)c(F)cc2c1. The Bertz CT molecular complexity index is 656. The van der Waals surface area contributed by atoms with Gasteiger partial charge in [-0.2, -0.15) is 0 Å². The number of nitrogens with one attached hydrogen (secondary N) is 1. The molecule has 0 saturated heterocycles. The molecule has 0 spiro atoms. The summed E-state index contributed by atoms with van der Waals surface area (Å²) >= 11 is 0. The second-order valence-electron chi connectivity index (χ2n) is 4.41. The Labute approximate surface area is 107 Å². The summed E-state index contributed by atoms with van der Waals surface area (Å²) in [5, 5.41) is 2.66. The Balaban J connectivity index is 2.52. The largest absolute Gasteiger partial charge is 0.350 e. The normalized spacial score (nSPS) is 11.1. The Morgan fingerprint density at radius 2 is 1.89 bits per heavy atom. The van der Waals surface area contributed by atoms with Gasteiger partial charge in [0.25, 0.3) is 5.91 Å². The zero-order chi connectivity index (χ0) is 14.2. The summed E-state index contributed by atoms with van der Waals surface area (Å²) < 4.78 is 39.6. The van der Waals surface area contributed by atoms with Crippen molar-refractivity contribution >= 4 is 16.8 Å². The fraction of sp³-hybridized carbons (Fsp3) is 0.231. The zero-order valence-corrected chi connectivity index (χ0v) is 10.3. The first kappa shape index (κ1) is 13.3. The van der Waals surface area contributed by atoms with Crippen LogP contribution in [0.5, 0.6) is 0 Å². The molecule has 2 rings (SSSR count). The molecule has 0 aliphatic heterocycles. The van der Waals surface area contributed by atoms with E-state index in [0.29, 0.717) is 0 Å². The molecule has 1 aromatic carbocycles. The predicted octanol–water partition coefficient (Wildman–Crippen LogP) is 2.79. The van der Waals surface area contributed by atoms with Crippen LogP contribution in [0, 0.1) is 17.5 Å². The highest BCUT2D eigenvalue weighted by Gasteiger charge is 2.16. The van der Waals surface area contributed by atoms with Crippen LogP contribution in [0.4, 0.5) is 13.2 Å². The predicted molar refractivity (Wildman–Crippen MR) is 64.2 cm³/mol. The number of fused-ring (bicyclic) bond motifs is 1. The van der Waals surface area contributed by atoms with Gasteiger partial charge in [0, 0.05) is 17.6 Å². The summed E-state index contributed by atoms with van der Waals surface area (Å²) in [6, 6.07) is 2.00. The van der Waals surface area contributed by atoms with Gasteiger partial charge < -0.3 is 5.32 Å². The lowest BCUT2D eigenvalue weighted by Gasteiger charge is -2.09. The number of hydrogen-bond donors (Lipinski definition) is 1. The van der Waals surface area contributed by atoms with E-state index in [1.165, 1.54) is 6.07 Å². The third-order valence-electron chi connectivity index (χ3n) is 2.49. The molecule has 0 atom stereocenters. The number of aromatic nitrogens is 1. The lowest BCUT2D eigenvalue weighted by Crippen LogP contribution is -2.30. The number of benzene rings is 1. The number of amides is 1. The molecule has 0 unspecified atom stereocenters. The molecule has 1 heterocycles. The van der Waals surface area contributed by atoms with Crippen LogP contribution in [0.1, 0.15) is 24.2 Å². The molecule has 0 saturated carbocycles. The fourth-order valence-corrected chi connectivity index (χ4v) is 1.65. The molecular formula is C13H11F3N2O. The lowest BCUT2D eigenvalue weighted by atomic mass is 10.1. The van der Waals surface area contributed by atoms with Gasteiger partial charge in [-0.25, -0.2) is 13.2 Å². The maximum absolute atomic E-state index is 13.4. The van der Waals surface area contributed by atoms with Gasteiger partial charge in [-0.1, -0.05) is 0 Å². The molecule has 1 aromatic heterocycles. The van der Waals surface area contributed by atoms with Gasteiger partial charge in [0.1, 0.15) is 5.52 Å². The van der Waals surface area contributed by atoms with Gasteiger partial charge in [-0.05, 0) is 26.0 Å². The third-order valence-corrected chi connectivity index (χ3v) is 2.49. The van der Waals surface area contributed by atoms with Crippen LogP contribution in [0.25, 0.3) is 10.9 Å². The maximum atomic E-state index is 13.4. The van der Waals surface area contributed by atoms with Crippen molar-refractivity contribution in [2.75, 3.05) is 0 Å². The van der Waals surface area contributed by atoms with Gasteiger partial charge in [0.2, 0.25) is 0 Å². The molecule has 0 fully saturated rings. The van der Waals surface area contributed by atoms with Crippen molar-refractivity contribution in [3.63, 3.8) is 0 Å². The van der Waals surface area contributed by atoms with Crippen molar-refractivity contribution in [1.82, 2.24) is 10.3 Å². The molecule has 2 aromatic rings. The standard InChI is InChI=1S/C13H11F3N2O/c1-6(2)18-13(19)8-3-7-4-9(14)10(15)11(16)12(7)17-5-8/h3-6H,1-2H3,(H,18,19). The first-order chi connectivity index (χ1) is 8.90. The monoisotopic (exact) mass is 268 g/mol. The second kappa shape index (κ2) is 4.87. The van der Waals surface area contributed by atoms with Gasteiger partial charge in [-0.3, -0.25) is 9.78 Å². The summed E-state index contributed by atoms with van der Waals surface area (Å²) in [5.74, 6) is -4.65. The minimum absolute atomic E-state index is 0.0350. The topological polar surface area (TPSA) is 42.0 Å². The van der Waals surface area contributed by atoms with E-state index in [4.69, 9.17) is 0 Å². The van der Waals surface area contributed by atoms with Crippen molar-refractivity contribution in [3.05, 3.63) is 41.3 Å². The Hall–Kier alpha value is -2.11. The smallest absolute Gasteiger partial charge is 0.253 e. The molecule has 1 amide bonds. The number of rotatable bonds is 2. The fourth-order valence-electron chi connectivity index (χ4n) is 1.65. The third kappa shape index (κ3) is 2.52. The maximum Gasteiger partial charge on any atom is 0.253 e. The molecule has 0 aliphatic carbocycles. The molecular weight excluding hydrogens is 257 g/mol. The van der Waals surface area contributed by atoms with Crippen molar-refractivity contribution < 1.29 is 18.0 Å². The number of carbonyl (C=O) groups is 1. The summed E-state index contributed by atoms with van der Waals surface area (Å²) in [6.45, 7) is 3.56. The highest BCUT2D eigenvalue weighted by atomic mass is 19.2. The number of nitrogens with zero attached hydrogens (tertiary/aromatic N) is 1. The molecule has 0 bridgehead atoms. The van der Waals surface area contributed by atoms with Crippen LogP contribution in [-0.4, -0.2) is 16.9 Å². The van der Waals surface area contributed by atoms with Crippen molar-refractivity contribution in [2.45, 2.75) is 19.9 Å². The molecule has 0 aliphatic rings. The molecule has 3 nitrogen and oxygen atoms in total. The van der Waals surface area contributed by atoms with E-state index >= 15 is 0 Å². The highest BCUT2D eigenvalue weighted by Crippen LogP contribution is 2.22. The van der Waals surface area contributed by atoms with E-state index in [0.717, 1.165) is 12.3 Å². The lowest BCUT2D eigenvalue weighted by molar-refractivity contribution is 0.0943. The van der Waals surface area contributed by atoms with E-state index in [9.17, 15) is 18.0 Å². The van der Waals surface area contributed by atoms with Crippen LogP contribution < -0.4 is 5.32 Å². The van der Waals surface area contributed by atoms with E-state index < -0.39 is 23.4 Å². The highest BCUT2D eigenvalue weighted by molar-refractivity contribution is 5.97. The number of pyridine rings is 1. The average molecular weight is 268 g/mol. The molecule has 6 heteroatoms. The van der Waals surface area contributed by atoms with E-state index in [1.54, 1.807) is 13.8 Å². The minimum Gasteiger partial charge on any atom is -0.350 e. The molecule has 19 heavy (non-hydrogen) atoms. The summed E-state index contributed by atoms with van der Waals surface area (Å²) in [5.41, 5.74) is -0.147. The van der Waals surface area contributed by atoms with Crippen molar-refractivity contribution in [2.24, 2.45) is 0 Å². The Morgan fingerprint density at radius 1 is 1.21 bits per heavy atom. The summed E-state index contributed by atoms with van der Waals surface area (Å²) in [4.78, 5) is 15.4. The number of halogens is 3. The van der Waals surface area contributed by atoms with Gasteiger partial charge in [-0.15, -0.1) is 0 Å². The van der Waals surface area contributed by atoms with Crippen LogP contribution in [-0.2, 0) is 0 Å². The van der Waals surface area contributed by atoms with Gasteiger partial charge in [0.15, 0.2) is 17.5 Å². The summed E-state index contributed by atoms with van der Waals surface area (Å²) in [7, 11) is 0. The number of hydrogen-bond acceptors (Lipinski definition) is 2. The van der Waals surface area contributed by atoms with Gasteiger partial charge >= 0.3 is 0 Å². The minimum atomic E-state index is -1.57. The van der Waals surface area contributed by atoms with Gasteiger partial charge in [0.05, 0.1) is 5.56 Å². The van der Waals surface area contributed by atoms with Crippen LogP contribution in [0.15, 0.2) is 18.3 Å². The van der Waals surface area contributed by atoms with E-state index in [1.807, 2.05) is 0 Å². The van der Waals surface area contributed by atoms with E-state index in [2.05, 4.69) is 10.3 Å². The van der Waals surface area contributed by atoms with E-state index in [-0.39, 0.29) is 22.5 Å². The molecule has 100 valence electrons. The Kier molecular flexibility index (Phi) is 3.42. The van der Waals surface area contributed by atoms with Crippen LogP contribution >= 0.6 is 0 Å². The first-order valence-corrected chi connectivity index (χ1v) is 5.64. The van der Waals surface area contributed by atoms with Crippen LogP contribution in [0.2, 0.25) is 0 Å². The Morgan fingerprint density at radius 3 is 2.53 bits per heavy atom. The number of carbonyl (C=O) groups excluding carboxylic acids is 1. The zero-order valence-electron chi connectivity index (χ0n) is 10.3. The van der Waals surface area contributed by atoms with Crippen molar-refractivity contribution in [1.29, 1.82) is 0 Å². The second-order valence-corrected chi connectivity index (χ2v) is 4.41. The van der Waals surface area contributed by atoms with Crippen molar-refractivity contribution in [3.8, 4) is 0 Å². The molecule has 1 N–H and O–H groups in total. The summed E-state index contributed by atoms with van der Waals surface area (Å²) in [6.07, 6.45) is 1.13. The average Bonchev–Trinajstić information content (AvgIpc) is 2.34. The van der Waals surface area contributed by atoms with Crippen LogP contribution in [0.3, 0.4) is 0 Å².